The van der Waals surface area contributed by atoms with E-state index < -0.39 is 8.07 Å². The van der Waals surface area contributed by atoms with Gasteiger partial charge >= 0.3 is 0 Å². The van der Waals surface area contributed by atoms with Crippen LogP contribution in [0.4, 0.5) is 0 Å². The van der Waals surface area contributed by atoms with Gasteiger partial charge < -0.3 is 0 Å². The molecule has 0 amide bonds. The monoisotopic (exact) mass is 154 g/mol. The van der Waals surface area contributed by atoms with Crippen molar-refractivity contribution < 1.29 is 4.79 Å². The largest absolute Gasteiger partial charge is 0.285 e. The van der Waals surface area contributed by atoms with Gasteiger partial charge in [-0.05, 0) is 5.92 Å². The van der Waals surface area contributed by atoms with Gasteiger partial charge in [0.25, 0.3) is 0 Å². The van der Waals surface area contributed by atoms with Crippen LogP contribution in [0.25, 0.3) is 0 Å². The van der Waals surface area contributed by atoms with E-state index in [1.165, 1.54) is 0 Å². The number of carbonyl (C=O) groups excluding carboxylic acids is 1. The van der Waals surface area contributed by atoms with Crippen LogP contribution in [-0.4, -0.2) is 13.9 Å². The van der Waals surface area contributed by atoms with E-state index >= 15 is 0 Å². The second kappa shape index (κ2) is 3.57. The summed E-state index contributed by atoms with van der Waals surface area (Å²) in [6.07, 6.45) is 0.539. The molecular weight excluding hydrogens is 140 g/mol. The highest BCUT2D eigenvalue weighted by atomic mass is 28.3. The Labute approximate surface area is 63.8 Å². The predicted molar refractivity (Wildman–Crippen MR) is 46.4 cm³/mol. The lowest BCUT2D eigenvalue weighted by Gasteiger charge is -2.02. The van der Waals surface area contributed by atoms with Gasteiger partial charge in [-0.25, -0.2) is 0 Å². The third-order valence-electron chi connectivity index (χ3n) is 0.898. The molecular formula is C8H14OSi. The van der Waals surface area contributed by atoms with Gasteiger partial charge in [0, 0.05) is 6.42 Å². The molecule has 0 heterocycles. The Bertz CT molecular complexity index is 178. The fourth-order valence-corrected chi connectivity index (χ4v) is 0.860. The molecule has 10 heavy (non-hydrogen) atoms. The first-order valence-corrected chi connectivity index (χ1v) is 7.01. The first kappa shape index (κ1) is 9.45. The molecule has 0 aliphatic heterocycles. The fraction of sp³-hybridized carbons (Fsp3) is 0.625. The summed E-state index contributed by atoms with van der Waals surface area (Å²) in [5.41, 5.74) is 3.01. The molecule has 0 unspecified atom stereocenters. The Morgan fingerprint density at radius 1 is 1.40 bits per heavy atom. The van der Waals surface area contributed by atoms with Gasteiger partial charge in [-0.3, -0.25) is 4.79 Å². The highest BCUT2D eigenvalue weighted by molar-refractivity contribution is 6.84. The molecule has 2 heteroatoms. The lowest BCUT2D eigenvalue weighted by molar-refractivity contribution is -0.113. The smallest absolute Gasteiger partial charge is 0.204 e. The summed E-state index contributed by atoms with van der Waals surface area (Å²) in [6.45, 7) is 8.22. The lowest BCUT2D eigenvalue weighted by atomic mass is 10.3. The van der Waals surface area contributed by atoms with E-state index in [9.17, 15) is 4.79 Å². The van der Waals surface area contributed by atoms with Gasteiger partial charge in [-0.15, -0.1) is 5.54 Å². The zero-order valence-electron chi connectivity index (χ0n) is 7.12. The van der Waals surface area contributed by atoms with Crippen LogP contribution in [0.2, 0.25) is 19.6 Å². The molecule has 0 aliphatic carbocycles. The maximum absolute atomic E-state index is 10.7. The van der Waals surface area contributed by atoms with Crippen LogP contribution in [0.3, 0.4) is 0 Å². The van der Waals surface area contributed by atoms with E-state index in [2.05, 4.69) is 31.1 Å². The topological polar surface area (TPSA) is 17.1 Å². The van der Waals surface area contributed by atoms with Crippen LogP contribution in [0.5, 0.6) is 0 Å². The molecule has 0 aromatic rings. The van der Waals surface area contributed by atoms with Crippen molar-refractivity contribution >= 4 is 13.9 Å². The Morgan fingerprint density at radius 3 is 2.20 bits per heavy atom. The molecule has 0 aromatic heterocycles. The third kappa shape index (κ3) is 5.58. The van der Waals surface area contributed by atoms with Crippen molar-refractivity contribution in [2.75, 3.05) is 0 Å². The SMILES string of the molecule is CCC(=O)C#C[Si](C)(C)C. The molecule has 0 radical (unpaired) electrons. The van der Waals surface area contributed by atoms with Crippen LogP contribution >= 0.6 is 0 Å². The standard InChI is InChI=1S/C8H14OSi/c1-5-8(9)6-7-10(2,3)4/h5H2,1-4H3. The zero-order valence-corrected chi connectivity index (χ0v) is 8.12. The number of rotatable bonds is 1. The van der Waals surface area contributed by atoms with E-state index in [-0.39, 0.29) is 5.78 Å². The van der Waals surface area contributed by atoms with Gasteiger partial charge in [-0.1, -0.05) is 26.6 Å². The van der Waals surface area contributed by atoms with Crippen LogP contribution in [0, 0.1) is 11.5 Å². The van der Waals surface area contributed by atoms with Crippen molar-refractivity contribution in [3.63, 3.8) is 0 Å². The number of ketones is 1. The molecule has 0 bridgehead atoms. The molecule has 0 rings (SSSR count). The van der Waals surface area contributed by atoms with Crippen LogP contribution in [0.1, 0.15) is 13.3 Å². The van der Waals surface area contributed by atoms with E-state index in [1.807, 2.05) is 6.92 Å². The molecule has 0 saturated carbocycles. The summed E-state index contributed by atoms with van der Waals surface area (Å²) in [6, 6.07) is 0. The summed E-state index contributed by atoms with van der Waals surface area (Å²) in [7, 11) is -1.32. The first-order valence-electron chi connectivity index (χ1n) is 3.51. The molecule has 0 aromatic carbocycles. The van der Waals surface area contributed by atoms with Crippen LogP contribution in [0.15, 0.2) is 0 Å². The van der Waals surface area contributed by atoms with E-state index in [4.69, 9.17) is 0 Å². The molecule has 56 valence electrons. The Kier molecular flexibility index (Phi) is 3.38. The number of carbonyl (C=O) groups is 1. The summed E-state index contributed by atoms with van der Waals surface area (Å²) < 4.78 is 0. The maximum atomic E-state index is 10.7. The number of Topliss-reactive ketones (excluding diaryl/α,β-unsaturated/α-hetero) is 1. The minimum absolute atomic E-state index is 0.0578. The minimum Gasteiger partial charge on any atom is -0.285 e. The second-order valence-electron chi connectivity index (χ2n) is 3.28. The Hall–Kier alpha value is -0.553. The summed E-state index contributed by atoms with van der Waals surface area (Å²) in [5.74, 6) is 2.70. The maximum Gasteiger partial charge on any atom is 0.204 e. The van der Waals surface area contributed by atoms with Crippen molar-refractivity contribution in [2.24, 2.45) is 0 Å². The quantitative estimate of drug-likeness (QED) is 0.416. The predicted octanol–water partition coefficient (Wildman–Crippen LogP) is 1.85. The number of hydrogen-bond acceptors (Lipinski definition) is 1. The fourth-order valence-electron chi connectivity index (χ4n) is 0.346. The molecule has 0 fully saturated rings. The zero-order chi connectivity index (χ0) is 8.20. The third-order valence-corrected chi connectivity index (χ3v) is 1.77. The van der Waals surface area contributed by atoms with Crippen molar-refractivity contribution in [2.45, 2.75) is 33.0 Å². The molecule has 0 saturated heterocycles. The van der Waals surface area contributed by atoms with Crippen molar-refractivity contribution in [1.82, 2.24) is 0 Å². The minimum atomic E-state index is -1.32. The highest BCUT2D eigenvalue weighted by Gasteiger charge is 2.07. The van der Waals surface area contributed by atoms with E-state index in [1.54, 1.807) is 0 Å². The molecule has 0 aliphatic rings. The highest BCUT2D eigenvalue weighted by Crippen LogP contribution is 1.96. The molecule has 0 N–H and O–H groups in total. The van der Waals surface area contributed by atoms with E-state index in [0.717, 1.165) is 0 Å². The molecule has 1 nitrogen and oxygen atoms in total. The van der Waals surface area contributed by atoms with E-state index in [0.29, 0.717) is 6.42 Å². The number of hydrogen-bond donors (Lipinski definition) is 0. The van der Waals surface area contributed by atoms with Gasteiger partial charge in [0.05, 0.1) is 0 Å². The first-order chi connectivity index (χ1) is 4.45. The van der Waals surface area contributed by atoms with Crippen molar-refractivity contribution in [3.05, 3.63) is 0 Å². The molecule has 0 spiro atoms. The summed E-state index contributed by atoms with van der Waals surface area (Å²) in [4.78, 5) is 10.7. The van der Waals surface area contributed by atoms with Gasteiger partial charge in [0.1, 0.15) is 8.07 Å². The van der Waals surface area contributed by atoms with Crippen molar-refractivity contribution in [3.8, 4) is 11.5 Å². The van der Waals surface area contributed by atoms with Crippen LogP contribution < -0.4 is 0 Å². The van der Waals surface area contributed by atoms with Crippen molar-refractivity contribution in [1.29, 1.82) is 0 Å². The van der Waals surface area contributed by atoms with Gasteiger partial charge in [0.2, 0.25) is 5.78 Å². The lowest BCUT2D eigenvalue weighted by Crippen LogP contribution is -2.16. The van der Waals surface area contributed by atoms with Gasteiger partial charge in [0.15, 0.2) is 0 Å². The summed E-state index contributed by atoms with van der Waals surface area (Å²) in [5, 5.41) is 0. The Balaban J connectivity index is 4.05. The average molecular weight is 154 g/mol. The van der Waals surface area contributed by atoms with Crippen LogP contribution in [-0.2, 0) is 4.79 Å². The van der Waals surface area contributed by atoms with Gasteiger partial charge in [-0.2, -0.15) is 0 Å². The summed E-state index contributed by atoms with van der Waals surface area (Å²) >= 11 is 0. The second-order valence-corrected chi connectivity index (χ2v) is 8.03. The molecule has 0 atom stereocenters. The Morgan fingerprint density at radius 2 is 1.90 bits per heavy atom. The normalized spacial score (nSPS) is 10.0. The average Bonchev–Trinajstić information content (AvgIpc) is 1.81.